The molecule has 0 aliphatic carbocycles. The van der Waals surface area contributed by atoms with E-state index in [2.05, 4.69) is 29.5 Å². The minimum atomic E-state index is -0.223. The van der Waals surface area contributed by atoms with E-state index in [1.807, 2.05) is 67.1 Å². The molecule has 2 aromatic carbocycles. The van der Waals surface area contributed by atoms with Crippen LogP contribution in [-0.4, -0.2) is 78.3 Å². The van der Waals surface area contributed by atoms with Gasteiger partial charge < -0.3 is 24.4 Å². The van der Waals surface area contributed by atoms with Gasteiger partial charge in [-0.3, -0.25) is 14.4 Å². The molecular formula is C36H49N5O6. The molecule has 2 amide bonds. The molecule has 0 unspecified atom stereocenters. The molecule has 254 valence electrons. The highest BCUT2D eigenvalue weighted by atomic mass is 16.5. The fraction of sp³-hybridized carbons (Fsp3) is 0.528. The highest BCUT2D eigenvalue weighted by Crippen LogP contribution is 2.41. The van der Waals surface area contributed by atoms with Crippen LogP contribution in [0.1, 0.15) is 65.4 Å². The number of nitrogens with zero attached hydrogens (tertiary/aromatic N) is 4. The lowest BCUT2D eigenvalue weighted by Gasteiger charge is -2.28. The van der Waals surface area contributed by atoms with E-state index in [0.29, 0.717) is 77.1 Å². The van der Waals surface area contributed by atoms with Gasteiger partial charge in [-0.25, -0.2) is 4.68 Å². The van der Waals surface area contributed by atoms with Gasteiger partial charge >= 0.3 is 0 Å². The first kappa shape index (κ1) is 35.9. The maximum Gasteiger partial charge on any atom is 0.227 e. The fourth-order valence-electron chi connectivity index (χ4n) is 5.36. The van der Waals surface area contributed by atoms with Crippen LogP contribution in [-0.2, 0) is 41.7 Å². The van der Waals surface area contributed by atoms with E-state index in [1.54, 1.807) is 4.90 Å². The summed E-state index contributed by atoms with van der Waals surface area (Å²) in [4.78, 5) is 40.0. The van der Waals surface area contributed by atoms with Crippen molar-refractivity contribution in [3.8, 4) is 22.5 Å². The molecule has 1 aromatic heterocycles. The van der Waals surface area contributed by atoms with Gasteiger partial charge in [0.2, 0.25) is 11.8 Å². The van der Waals surface area contributed by atoms with Crippen LogP contribution >= 0.6 is 0 Å². The number of para-hydroxylation sites is 1. The molecule has 1 aliphatic rings. The van der Waals surface area contributed by atoms with E-state index in [-0.39, 0.29) is 36.5 Å². The van der Waals surface area contributed by atoms with Crippen LogP contribution in [0.15, 0.2) is 48.5 Å². The van der Waals surface area contributed by atoms with Crippen LogP contribution in [0, 0.1) is 5.92 Å². The number of aromatic nitrogens is 3. The van der Waals surface area contributed by atoms with Gasteiger partial charge in [0, 0.05) is 43.4 Å². The summed E-state index contributed by atoms with van der Waals surface area (Å²) in [5, 5.41) is 11.9. The number of hydrogen-bond acceptors (Lipinski definition) is 8. The molecule has 2 heterocycles. The maximum atomic E-state index is 13.7. The predicted octanol–water partition coefficient (Wildman–Crippen LogP) is 5.21. The Bertz CT molecular complexity index is 1470. The molecule has 0 saturated heterocycles. The van der Waals surface area contributed by atoms with Gasteiger partial charge in [-0.1, -0.05) is 61.5 Å². The number of carbonyl (C=O) groups excluding carboxylic acids is 3. The zero-order valence-corrected chi connectivity index (χ0v) is 28.2. The van der Waals surface area contributed by atoms with Crippen molar-refractivity contribution in [1.29, 1.82) is 0 Å². The minimum absolute atomic E-state index is 0.0466. The number of ether oxygens (including phenoxy) is 3. The Labute approximate surface area is 277 Å². The summed E-state index contributed by atoms with van der Waals surface area (Å²) in [6, 6.07) is 15.6. The van der Waals surface area contributed by atoms with E-state index in [0.717, 1.165) is 34.5 Å². The third-order valence-electron chi connectivity index (χ3n) is 7.87. The second kappa shape index (κ2) is 18.4. The molecular weight excluding hydrogens is 598 g/mol. The first-order chi connectivity index (χ1) is 22.7. The lowest BCUT2D eigenvalue weighted by Crippen LogP contribution is -2.34. The zero-order valence-electron chi connectivity index (χ0n) is 28.2. The van der Waals surface area contributed by atoms with Crippen LogP contribution in [0.4, 0.5) is 5.69 Å². The van der Waals surface area contributed by atoms with E-state index in [1.165, 1.54) is 0 Å². The number of anilines is 1. The van der Waals surface area contributed by atoms with Gasteiger partial charge in [-0.15, -0.1) is 5.10 Å². The van der Waals surface area contributed by atoms with Crippen molar-refractivity contribution in [2.24, 2.45) is 5.92 Å². The zero-order chi connectivity index (χ0) is 33.6. The molecule has 0 saturated carbocycles. The number of benzene rings is 2. The number of carbonyl (C=O) groups is 3. The molecule has 4 rings (SSSR count). The highest BCUT2D eigenvalue weighted by molar-refractivity contribution is 6.01. The Morgan fingerprint density at radius 2 is 1.57 bits per heavy atom. The van der Waals surface area contributed by atoms with Gasteiger partial charge in [-0.05, 0) is 37.8 Å². The van der Waals surface area contributed by atoms with Crippen LogP contribution in [0.2, 0.25) is 0 Å². The van der Waals surface area contributed by atoms with Gasteiger partial charge in [0.25, 0.3) is 0 Å². The summed E-state index contributed by atoms with van der Waals surface area (Å²) in [6.45, 7) is 11.5. The first-order valence-electron chi connectivity index (χ1n) is 16.7. The Morgan fingerprint density at radius 3 is 2.36 bits per heavy atom. The van der Waals surface area contributed by atoms with Crippen molar-refractivity contribution in [3.63, 3.8) is 0 Å². The lowest BCUT2D eigenvalue weighted by atomic mass is 9.95. The lowest BCUT2D eigenvalue weighted by molar-refractivity contribution is -0.125. The van der Waals surface area contributed by atoms with E-state index >= 15 is 0 Å². The van der Waals surface area contributed by atoms with Crippen LogP contribution in [0.5, 0.6) is 0 Å². The van der Waals surface area contributed by atoms with Crippen LogP contribution in [0.25, 0.3) is 22.5 Å². The molecule has 3 aromatic rings. The SMILES string of the molecule is CC(C)CCC(=O)CCOCCNC(=O)CCC(=O)N1Cc2ccccc2-c2c(nnn2CCOCCOC(C)C)-c2ccccc21. The monoisotopic (exact) mass is 647 g/mol. The second-order valence-corrected chi connectivity index (χ2v) is 12.4. The van der Waals surface area contributed by atoms with Gasteiger partial charge in [-0.2, -0.15) is 0 Å². The average Bonchev–Trinajstić information content (AvgIpc) is 3.46. The third-order valence-corrected chi connectivity index (χ3v) is 7.87. The highest BCUT2D eigenvalue weighted by Gasteiger charge is 2.29. The Morgan fingerprint density at radius 1 is 0.830 bits per heavy atom. The molecule has 0 bridgehead atoms. The molecule has 0 atom stereocenters. The summed E-state index contributed by atoms with van der Waals surface area (Å²) in [5.74, 6) is 0.317. The van der Waals surface area contributed by atoms with Crippen molar-refractivity contribution in [1.82, 2.24) is 20.3 Å². The quantitative estimate of drug-likeness (QED) is 0.176. The fourth-order valence-corrected chi connectivity index (χ4v) is 5.36. The average molecular weight is 648 g/mol. The maximum absolute atomic E-state index is 13.7. The number of hydrogen-bond donors (Lipinski definition) is 1. The molecule has 47 heavy (non-hydrogen) atoms. The summed E-state index contributed by atoms with van der Waals surface area (Å²) < 4.78 is 18.8. The number of rotatable bonds is 19. The van der Waals surface area contributed by atoms with Crippen LogP contribution < -0.4 is 10.2 Å². The Kier molecular flexibility index (Phi) is 14.1. The summed E-state index contributed by atoms with van der Waals surface area (Å²) >= 11 is 0. The number of ketones is 1. The van der Waals surface area contributed by atoms with Crippen molar-refractivity contribution in [2.75, 3.05) is 44.5 Å². The molecule has 1 N–H and O–H groups in total. The standard InChI is InChI=1S/C36H49N5O6/c1-26(2)13-14-29(42)17-20-45-21-18-37-33(43)15-16-34(44)40-25-28-9-5-6-10-30(28)36-35(31-11-7-8-12-32(31)40)38-39-41(36)19-22-46-23-24-47-27(3)4/h5-12,26-27H,13-25H2,1-4H3,(H,37,43). The number of fused-ring (bicyclic) bond motifs is 5. The minimum Gasteiger partial charge on any atom is -0.379 e. The summed E-state index contributed by atoms with van der Waals surface area (Å²) in [5.41, 5.74) is 4.99. The predicted molar refractivity (Wildman–Crippen MR) is 181 cm³/mol. The largest absolute Gasteiger partial charge is 0.379 e. The Balaban J connectivity index is 1.37. The first-order valence-corrected chi connectivity index (χ1v) is 16.7. The van der Waals surface area contributed by atoms with Gasteiger partial charge in [0.1, 0.15) is 11.5 Å². The number of nitrogens with one attached hydrogen (secondary N) is 1. The molecule has 0 fully saturated rings. The van der Waals surface area contributed by atoms with Crippen molar-refractivity contribution in [2.45, 2.75) is 79.0 Å². The smallest absolute Gasteiger partial charge is 0.227 e. The van der Waals surface area contributed by atoms with Crippen molar-refractivity contribution < 1.29 is 28.6 Å². The van der Waals surface area contributed by atoms with Crippen molar-refractivity contribution >= 4 is 23.3 Å². The third kappa shape index (κ3) is 10.8. The van der Waals surface area contributed by atoms with Crippen molar-refractivity contribution in [3.05, 3.63) is 54.1 Å². The number of Topliss-reactive ketones (excluding diaryl/α,β-unsaturated/α-hetero) is 1. The molecule has 0 spiro atoms. The summed E-state index contributed by atoms with van der Waals surface area (Å²) in [7, 11) is 0. The topological polar surface area (TPSA) is 125 Å². The number of amides is 2. The molecule has 11 nitrogen and oxygen atoms in total. The molecule has 0 radical (unpaired) electrons. The summed E-state index contributed by atoms with van der Waals surface area (Å²) in [6.07, 6.45) is 2.10. The second-order valence-electron chi connectivity index (χ2n) is 12.4. The van der Waals surface area contributed by atoms with E-state index in [4.69, 9.17) is 14.2 Å². The van der Waals surface area contributed by atoms with Crippen LogP contribution in [0.3, 0.4) is 0 Å². The van der Waals surface area contributed by atoms with Gasteiger partial charge in [0.05, 0.1) is 63.6 Å². The Hall–Kier alpha value is -3.93. The molecule has 11 heteroatoms. The van der Waals surface area contributed by atoms with E-state index in [9.17, 15) is 14.4 Å². The molecule has 1 aliphatic heterocycles. The van der Waals surface area contributed by atoms with E-state index < -0.39 is 0 Å². The van der Waals surface area contributed by atoms with Gasteiger partial charge in [0.15, 0.2) is 0 Å². The normalized spacial score (nSPS) is 12.3.